The van der Waals surface area contributed by atoms with E-state index in [4.69, 9.17) is 5.26 Å². The average Bonchev–Trinajstić information content (AvgIpc) is 1.68. The van der Waals surface area contributed by atoms with Gasteiger partial charge in [0.05, 0.1) is 12.6 Å². The lowest BCUT2D eigenvalue weighted by molar-refractivity contribution is 0.354. The van der Waals surface area contributed by atoms with Crippen molar-refractivity contribution in [2.75, 3.05) is 6.54 Å². The summed E-state index contributed by atoms with van der Waals surface area (Å²) in [5, 5.41) is 7.91. The molecule has 0 unspecified atom stereocenters. The third-order valence-corrected chi connectivity index (χ3v) is 0.438. The molecular weight excluding hydrogens is 95.1 g/mol. The summed E-state index contributed by atoms with van der Waals surface area (Å²) in [5.74, 6) is 0. The minimum absolute atomic E-state index is 0.0729. The average molecular weight is 100 g/mol. The van der Waals surface area contributed by atoms with Gasteiger partial charge >= 0.3 is 0 Å². The summed E-state index contributed by atoms with van der Waals surface area (Å²) < 4.78 is 11.0. The Kier molecular flexibility index (Phi) is 2.90. The van der Waals surface area contributed by atoms with E-state index in [9.17, 15) is 4.48 Å². The molecule has 0 aliphatic rings. The van der Waals surface area contributed by atoms with Crippen molar-refractivity contribution in [2.24, 2.45) is 0 Å². The van der Waals surface area contributed by atoms with Crippen LogP contribution in [0.3, 0.4) is 0 Å². The summed E-state index contributed by atoms with van der Waals surface area (Å²) in [6, 6.07) is 1.67. The van der Waals surface area contributed by atoms with Crippen LogP contribution in [-0.4, -0.2) is 6.54 Å². The highest BCUT2D eigenvalue weighted by atomic mass is 19.2. The molecule has 0 bridgehead atoms. The van der Waals surface area contributed by atoms with E-state index in [-0.39, 0.29) is 12.1 Å². The lowest BCUT2D eigenvalue weighted by Gasteiger charge is -1.84. The van der Waals surface area contributed by atoms with Gasteiger partial charge in [0.2, 0.25) is 0 Å². The topological polar surface area (TPSA) is 35.8 Å². The van der Waals surface area contributed by atoms with Gasteiger partial charge in [-0.3, -0.25) is 0 Å². The lowest BCUT2D eigenvalue weighted by atomic mass is 10.3. The van der Waals surface area contributed by atoms with Crippen LogP contribution in [0.15, 0.2) is 12.2 Å². The van der Waals surface area contributed by atoms with Crippen molar-refractivity contribution in [3.63, 3.8) is 0 Å². The minimum atomic E-state index is -0.0729. The van der Waals surface area contributed by atoms with Gasteiger partial charge in [-0.2, -0.15) is 10.8 Å². The maximum absolute atomic E-state index is 11.0. The molecule has 0 radical (unpaired) electrons. The molecule has 0 aromatic carbocycles. The quantitative estimate of drug-likeness (QED) is 0.406. The van der Waals surface area contributed by atoms with E-state index in [0.29, 0.717) is 0 Å². The zero-order valence-corrected chi connectivity index (χ0v) is 3.74. The van der Waals surface area contributed by atoms with E-state index >= 15 is 0 Å². The summed E-state index contributed by atoms with van der Waals surface area (Å²) in [5.41, 5.74) is 1.49. The largest absolute Gasteiger partial charge is 0.193 e. The predicted molar refractivity (Wildman–Crippen MR) is 23.9 cm³/mol. The normalized spacial score (nSPS) is 7.43. The minimum Gasteiger partial charge on any atom is -0.193 e. The van der Waals surface area contributed by atoms with Crippen LogP contribution in [0, 0.1) is 11.3 Å². The highest BCUT2D eigenvalue weighted by Gasteiger charge is 1.84. The summed E-state index contributed by atoms with van der Waals surface area (Å²) in [7, 11) is 0. The number of hydrogen-bond donors (Lipinski definition) is 1. The Morgan fingerprint density at radius 3 is 2.71 bits per heavy atom. The third kappa shape index (κ3) is 2.94. The number of halogens is 1. The van der Waals surface area contributed by atoms with Crippen LogP contribution in [0.4, 0.5) is 4.48 Å². The number of rotatable bonds is 2. The van der Waals surface area contributed by atoms with Crippen LogP contribution < -0.4 is 5.54 Å². The van der Waals surface area contributed by atoms with Gasteiger partial charge in [0.25, 0.3) is 0 Å². The van der Waals surface area contributed by atoms with E-state index in [1.807, 2.05) is 0 Å². The van der Waals surface area contributed by atoms with Gasteiger partial charge < -0.3 is 0 Å². The fraction of sp³-hybridized carbons (Fsp3) is 0.250. The molecule has 0 spiro atoms. The molecule has 2 nitrogen and oxygen atoms in total. The van der Waals surface area contributed by atoms with Crippen LogP contribution in [0.1, 0.15) is 0 Å². The Hall–Kier alpha value is -0.880. The SMILES string of the molecule is C=C(C#N)CNF. The van der Waals surface area contributed by atoms with Crippen LogP contribution in [-0.2, 0) is 0 Å². The second kappa shape index (κ2) is 3.32. The molecule has 0 atom stereocenters. The van der Waals surface area contributed by atoms with Crippen molar-refractivity contribution in [2.45, 2.75) is 0 Å². The maximum atomic E-state index is 11.0. The van der Waals surface area contributed by atoms with Gasteiger partial charge in [0.15, 0.2) is 0 Å². The Bertz CT molecular complexity index is 103. The van der Waals surface area contributed by atoms with Gasteiger partial charge in [0, 0.05) is 5.57 Å². The van der Waals surface area contributed by atoms with Crippen molar-refractivity contribution in [1.29, 1.82) is 5.26 Å². The lowest BCUT2D eigenvalue weighted by Crippen LogP contribution is -2.02. The molecule has 38 valence electrons. The molecular formula is C4H5FN2. The summed E-state index contributed by atoms with van der Waals surface area (Å²) >= 11 is 0. The van der Waals surface area contributed by atoms with Gasteiger partial charge in [-0.25, -0.2) is 0 Å². The second-order valence-corrected chi connectivity index (χ2v) is 1.03. The Balaban J connectivity index is 3.24. The Labute approximate surface area is 41.2 Å². The highest BCUT2D eigenvalue weighted by molar-refractivity contribution is 5.16. The van der Waals surface area contributed by atoms with Gasteiger partial charge in [0.1, 0.15) is 0 Å². The monoisotopic (exact) mass is 100 g/mol. The van der Waals surface area contributed by atoms with Gasteiger partial charge in [-0.15, -0.1) is 4.48 Å². The summed E-state index contributed by atoms with van der Waals surface area (Å²) in [6.07, 6.45) is 0. The van der Waals surface area contributed by atoms with Crippen molar-refractivity contribution < 1.29 is 4.48 Å². The molecule has 0 aliphatic carbocycles. The molecule has 3 heteroatoms. The smallest absolute Gasteiger partial charge is 0.0955 e. The zero-order chi connectivity index (χ0) is 5.70. The van der Waals surface area contributed by atoms with Crippen LogP contribution >= 0.6 is 0 Å². The van der Waals surface area contributed by atoms with Crippen molar-refractivity contribution in [3.05, 3.63) is 12.2 Å². The molecule has 0 saturated carbocycles. The molecule has 1 N–H and O–H groups in total. The fourth-order valence-electron chi connectivity index (χ4n) is 0.120. The molecule has 0 fully saturated rings. The van der Waals surface area contributed by atoms with Crippen LogP contribution in [0.25, 0.3) is 0 Å². The first-order valence-electron chi connectivity index (χ1n) is 1.72. The van der Waals surface area contributed by atoms with E-state index in [1.54, 1.807) is 6.07 Å². The number of nitrogens with zero attached hydrogens (tertiary/aromatic N) is 1. The molecule has 0 aliphatic heterocycles. The molecule has 0 saturated heterocycles. The summed E-state index contributed by atoms with van der Waals surface area (Å²) in [4.78, 5) is 0. The molecule has 7 heavy (non-hydrogen) atoms. The van der Waals surface area contributed by atoms with Crippen LogP contribution in [0.5, 0.6) is 0 Å². The molecule has 0 heterocycles. The third-order valence-electron chi connectivity index (χ3n) is 0.438. The zero-order valence-electron chi connectivity index (χ0n) is 3.74. The fourth-order valence-corrected chi connectivity index (χ4v) is 0.120. The van der Waals surface area contributed by atoms with E-state index < -0.39 is 0 Å². The maximum Gasteiger partial charge on any atom is 0.0955 e. The van der Waals surface area contributed by atoms with Gasteiger partial charge in [-0.1, -0.05) is 6.58 Å². The van der Waals surface area contributed by atoms with Crippen LogP contribution in [0.2, 0.25) is 0 Å². The van der Waals surface area contributed by atoms with Crippen molar-refractivity contribution in [1.82, 2.24) is 5.54 Å². The number of nitrogens with one attached hydrogen (secondary N) is 1. The first-order chi connectivity index (χ1) is 3.31. The summed E-state index contributed by atoms with van der Waals surface area (Å²) in [6.45, 7) is 3.13. The number of nitriles is 1. The number of hydrogen-bond acceptors (Lipinski definition) is 2. The standard InChI is InChI=1S/C4H5FN2/c1-4(2-6)3-7-5/h7H,1,3H2. The van der Waals surface area contributed by atoms with E-state index in [0.717, 1.165) is 0 Å². The van der Waals surface area contributed by atoms with Crippen molar-refractivity contribution >= 4 is 0 Å². The molecule has 0 aromatic rings. The van der Waals surface area contributed by atoms with E-state index in [2.05, 4.69) is 6.58 Å². The van der Waals surface area contributed by atoms with E-state index in [1.165, 1.54) is 5.54 Å². The second-order valence-electron chi connectivity index (χ2n) is 1.03. The molecule has 0 aromatic heterocycles. The Morgan fingerprint density at radius 2 is 2.57 bits per heavy atom. The van der Waals surface area contributed by atoms with Crippen molar-refractivity contribution in [3.8, 4) is 6.07 Å². The first-order valence-corrected chi connectivity index (χ1v) is 1.72. The highest BCUT2D eigenvalue weighted by Crippen LogP contribution is 1.79. The first kappa shape index (κ1) is 6.12. The predicted octanol–water partition coefficient (Wildman–Crippen LogP) is 0.540. The molecule has 0 amide bonds. The molecule has 0 rings (SSSR count). The van der Waals surface area contributed by atoms with Gasteiger partial charge in [-0.05, 0) is 0 Å². The Morgan fingerprint density at radius 1 is 2.00 bits per heavy atom.